The second kappa shape index (κ2) is 5.92. The monoisotopic (exact) mass is 302 g/mol. The van der Waals surface area contributed by atoms with Gasteiger partial charge in [-0.05, 0) is 7.05 Å². The molecule has 0 aromatic carbocycles. The van der Waals surface area contributed by atoms with Gasteiger partial charge in [0.05, 0.1) is 18.7 Å². The summed E-state index contributed by atoms with van der Waals surface area (Å²) in [6.45, 7) is -1.46. The van der Waals surface area contributed by atoms with Crippen LogP contribution in [-0.4, -0.2) is 83.1 Å². The molecule has 1 aliphatic heterocycles. The lowest BCUT2D eigenvalue weighted by Gasteiger charge is -2.25. The lowest BCUT2D eigenvalue weighted by molar-refractivity contribution is -0.179. The molecule has 0 bridgehead atoms. The number of likely N-dealkylation sites (N-methyl/N-ethyl adjacent to an activating group) is 1. The van der Waals surface area contributed by atoms with Gasteiger partial charge in [0.25, 0.3) is 5.91 Å². The van der Waals surface area contributed by atoms with Crippen LogP contribution in [0.1, 0.15) is 0 Å². The first-order valence-electron chi connectivity index (χ1n) is 5.62. The smallest absolute Gasteiger partial charge is 0.383 e. The molecule has 6 nitrogen and oxygen atoms in total. The number of carboxylic acids is 1. The first-order chi connectivity index (χ1) is 9.07. The Morgan fingerprint density at radius 2 is 1.95 bits per heavy atom. The summed E-state index contributed by atoms with van der Waals surface area (Å²) in [5.41, 5.74) is 0. The number of hydrogen-bond donors (Lipinski definition) is 2. The molecule has 116 valence electrons. The van der Waals surface area contributed by atoms with Gasteiger partial charge in [0.2, 0.25) is 0 Å². The van der Waals surface area contributed by atoms with Gasteiger partial charge in [-0.15, -0.1) is 0 Å². The highest BCUT2D eigenvalue weighted by atomic mass is 19.3. The molecule has 0 radical (unpaired) electrons. The molecule has 2 atom stereocenters. The second-order valence-corrected chi connectivity index (χ2v) is 4.58. The van der Waals surface area contributed by atoms with Crippen LogP contribution >= 0.6 is 0 Å². The van der Waals surface area contributed by atoms with Crippen LogP contribution in [-0.2, 0) is 9.59 Å². The number of alkyl halides is 4. The zero-order valence-corrected chi connectivity index (χ0v) is 10.5. The highest BCUT2D eigenvalue weighted by molar-refractivity contribution is 5.84. The van der Waals surface area contributed by atoms with E-state index in [9.17, 15) is 32.3 Å². The Morgan fingerprint density at radius 3 is 2.40 bits per heavy atom. The number of hydrogen-bond acceptors (Lipinski definition) is 4. The summed E-state index contributed by atoms with van der Waals surface area (Å²) in [4.78, 5) is 23.4. The van der Waals surface area contributed by atoms with Gasteiger partial charge < -0.3 is 15.1 Å². The molecular weight excluding hydrogens is 288 g/mol. The molecule has 1 rings (SSSR count). The maximum Gasteiger partial charge on any atom is 0.383 e. The Balaban J connectivity index is 2.74. The molecule has 10 heteroatoms. The van der Waals surface area contributed by atoms with Gasteiger partial charge in [-0.1, -0.05) is 0 Å². The molecule has 0 saturated carbocycles. The lowest BCUT2D eigenvalue weighted by atomic mass is 10.2. The van der Waals surface area contributed by atoms with Crippen molar-refractivity contribution in [2.24, 2.45) is 0 Å². The number of aliphatic hydroxyl groups is 1. The van der Waals surface area contributed by atoms with Gasteiger partial charge in [0, 0.05) is 13.1 Å². The highest BCUT2D eigenvalue weighted by Gasteiger charge is 2.53. The minimum absolute atomic E-state index is 0.417. The molecule has 1 unspecified atom stereocenters. The first kappa shape index (κ1) is 16.6. The van der Waals surface area contributed by atoms with Crippen LogP contribution in [0.2, 0.25) is 0 Å². The molecular formula is C10H14F4N2O4. The Kier molecular flexibility index (Phi) is 4.92. The minimum atomic E-state index is -4.82. The normalized spacial score (nSPS) is 23.7. The van der Waals surface area contributed by atoms with Crippen LogP contribution in [0.3, 0.4) is 0 Å². The first-order valence-corrected chi connectivity index (χ1v) is 5.62. The number of amides is 1. The van der Waals surface area contributed by atoms with E-state index in [0.29, 0.717) is 4.90 Å². The topological polar surface area (TPSA) is 81.1 Å². The van der Waals surface area contributed by atoms with E-state index in [1.54, 1.807) is 0 Å². The highest BCUT2D eigenvalue weighted by Crippen LogP contribution is 2.28. The maximum absolute atomic E-state index is 12.9. The van der Waals surface area contributed by atoms with Crippen LogP contribution in [0.4, 0.5) is 17.6 Å². The van der Waals surface area contributed by atoms with E-state index < -0.39 is 56.0 Å². The number of nitrogens with zero attached hydrogens (tertiary/aromatic N) is 2. The molecule has 0 aromatic heterocycles. The number of aliphatic carboxylic acids is 1. The fourth-order valence-electron chi connectivity index (χ4n) is 2.00. The van der Waals surface area contributed by atoms with E-state index in [1.807, 2.05) is 0 Å². The number of β-amino-alcohol motifs (C(OH)–C–C–N with tert-alkyl or cyclic N) is 1. The number of carbonyl (C=O) groups is 2. The van der Waals surface area contributed by atoms with Crippen molar-refractivity contribution in [1.82, 2.24) is 9.80 Å². The molecule has 2 N–H and O–H groups in total. The molecule has 0 aliphatic carbocycles. The molecule has 0 spiro atoms. The van der Waals surface area contributed by atoms with Crippen molar-refractivity contribution in [3.63, 3.8) is 0 Å². The van der Waals surface area contributed by atoms with Gasteiger partial charge >= 0.3 is 18.3 Å². The average molecular weight is 302 g/mol. The number of likely N-dealkylation sites (tertiary alicyclic amines) is 1. The number of halogens is 4. The van der Waals surface area contributed by atoms with E-state index in [1.165, 1.54) is 7.05 Å². The maximum atomic E-state index is 12.9. The van der Waals surface area contributed by atoms with E-state index in [4.69, 9.17) is 5.11 Å². The molecule has 1 saturated heterocycles. The van der Waals surface area contributed by atoms with Gasteiger partial charge in [0.1, 0.15) is 0 Å². The lowest BCUT2D eigenvalue weighted by Crippen LogP contribution is -2.48. The second-order valence-electron chi connectivity index (χ2n) is 4.58. The van der Waals surface area contributed by atoms with Crippen LogP contribution in [0.15, 0.2) is 0 Å². The predicted molar refractivity (Wildman–Crippen MR) is 57.6 cm³/mol. The van der Waals surface area contributed by atoms with Gasteiger partial charge in [-0.2, -0.15) is 8.78 Å². The molecule has 1 fully saturated rings. The summed E-state index contributed by atoms with van der Waals surface area (Å²) in [7, 11) is 1.32. The number of aliphatic hydroxyl groups excluding tert-OH is 1. The van der Waals surface area contributed by atoms with Crippen LogP contribution in [0.25, 0.3) is 0 Å². The van der Waals surface area contributed by atoms with Crippen LogP contribution < -0.4 is 0 Å². The molecule has 0 aromatic rings. The Labute approximate surface area is 111 Å². The van der Waals surface area contributed by atoms with Crippen molar-refractivity contribution in [3.8, 4) is 0 Å². The largest absolute Gasteiger partial charge is 0.480 e. The Hall–Kier alpha value is -1.42. The van der Waals surface area contributed by atoms with E-state index in [0.717, 1.165) is 4.90 Å². The van der Waals surface area contributed by atoms with Crippen molar-refractivity contribution in [3.05, 3.63) is 0 Å². The molecule has 1 aliphatic rings. The van der Waals surface area contributed by atoms with Gasteiger partial charge in [-0.25, -0.2) is 8.78 Å². The van der Waals surface area contributed by atoms with Crippen molar-refractivity contribution in [2.45, 2.75) is 24.5 Å². The van der Waals surface area contributed by atoms with Crippen molar-refractivity contribution < 1.29 is 37.4 Å². The average Bonchev–Trinajstić information content (AvgIpc) is 2.69. The fraction of sp³-hybridized carbons (Fsp3) is 0.800. The van der Waals surface area contributed by atoms with E-state index >= 15 is 0 Å². The minimum Gasteiger partial charge on any atom is -0.480 e. The zero-order valence-electron chi connectivity index (χ0n) is 10.5. The third-order valence-electron chi connectivity index (χ3n) is 3.06. The Morgan fingerprint density at radius 1 is 1.40 bits per heavy atom. The van der Waals surface area contributed by atoms with Gasteiger partial charge in [0.15, 0.2) is 0 Å². The predicted octanol–water partition coefficient (Wildman–Crippen LogP) is -0.525. The summed E-state index contributed by atoms with van der Waals surface area (Å²) in [6, 6.07) is -0.900. The van der Waals surface area contributed by atoms with E-state index in [2.05, 4.69) is 0 Å². The summed E-state index contributed by atoms with van der Waals surface area (Å²) >= 11 is 0. The van der Waals surface area contributed by atoms with E-state index in [-0.39, 0.29) is 0 Å². The molecule has 20 heavy (non-hydrogen) atoms. The van der Waals surface area contributed by atoms with Crippen molar-refractivity contribution in [1.29, 1.82) is 0 Å². The van der Waals surface area contributed by atoms with Gasteiger partial charge in [-0.3, -0.25) is 14.5 Å². The van der Waals surface area contributed by atoms with Crippen LogP contribution in [0.5, 0.6) is 0 Å². The standard InChI is InChI=1S/C10H14F4N2O4/c1-15(4-7(18)19)5-2-16(3-6(5)17)9(20)10(13,14)8(11)12/h5-6,8,17H,2-4H2,1H3,(H,18,19)/t5?,6-/m1/s1. The Bertz CT molecular complexity index is 393. The SMILES string of the molecule is CN(CC(=O)O)C1CN(C(=O)C(F)(F)C(F)F)C[C@H]1O. The number of carbonyl (C=O) groups excluding carboxylic acids is 1. The van der Waals surface area contributed by atoms with Crippen LogP contribution in [0, 0.1) is 0 Å². The summed E-state index contributed by atoms with van der Waals surface area (Å²) < 4.78 is 50.0. The third kappa shape index (κ3) is 3.37. The summed E-state index contributed by atoms with van der Waals surface area (Å²) in [6.07, 6.45) is -5.42. The zero-order chi connectivity index (χ0) is 15.7. The fourth-order valence-corrected chi connectivity index (χ4v) is 2.00. The summed E-state index contributed by atoms with van der Waals surface area (Å²) in [5.74, 6) is -8.10. The molecule has 1 amide bonds. The quantitative estimate of drug-likeness (QED) is 0.668. The third-order valence-corrected chi connectivity index (χ3v) is 3.06. The van der Waals surface area contributed by atoms with Crippen molar-refractivity contribution >= 4 is 11.9 Å². The summed E-state index contributed by atoms with van der Waals surface area (Å²) in [5, 5.41) is 18.2. The molecule has 1 heterocycles. The van der Waals surface area contributed by atoms with Crippen molar-refractivity contribution in [2.75, 3.05) is 26.7 Å². The number of carboxylic acid groups (broad SMARTS) is 1. The number of rotatable bonds is 5.